The number of rotatable bonds is 5. The number of nitrogens with one attached hydrogen (secondary N) is 1. The van der Waals surface area contributed by atoms with Gasteiger partial charge in [-0.2, -0.15) is 0 Å². The predicted molar refractivity (Wildman–Crippen MR) is 95.5 cm³/mol. The van der Waals surface area contributed by atoms with Gasteiger partial charge in [-0.3, -0.25) is 14.9 Å². The second-order valence-corrected chi connectivity index (χ2v) is 6.92. The number of hydrogen-bond acceptors (Lipinski definition) is 6. The molecule has 1 amide bonds. The number of methoxy groups -OCH3 is 1. The first-order chi connectivity index (χ1) is 12.4. The molecule has 0 saturated heterocycles. The van der Waals surface area contributed by atoms with Crippen LogP contribution < -0.4 is 10.1 Å². The van der Waals surface area contributed by atoms with Gasteiger partial charge in [-0.05, 0) is 43.4 Å². The molecule has 0 aliphatic heterocycles. The third-order valence-electron chi connectivity index (χ3n) is 4.26. The Kier molecular flexibility index (Phi) is 4.90. The first-order valence-corrected chi connectivity index (χ1v) is 8.75. The fraction of sp³-hybridized carbons (Fsp3) is 0.294. The summed E-state index contributed by atoms with van der Waals surface area (Å²) in [6.07, 6.45) is 3.30. The molecule has 0 fully saturated rings. The number of nitro benzene ring substituents is 1. The predicted octanol–water partition coefficient (Wildman–Crippen LogP) is 3.49. The molecule has 1 aliphatic carbocycles. The Balaban J connectivity index is 2.00. The van der Waals surface area contributed by atoms with E-state index in [1.807, 2.05) is 0 Å². The van der Waals surface area contributed by atoms with Gasteiger partial charge in [0.05, 0.1) is 17.6 Å². The average Bonchev–Trinajstić information content (AvgIpc) is 2.98. The molecule has 0 unspecified atom stereocenters. The molecule has 0 atom stereocenters. The van der Waals surface area contributed by atoms with E-state index >= 15 is 0 Å². The van der Waals surface area contributed by atoms with Gasteiger partial charge < -0.3 is 15.2 Å². The number of aromatic carboxylic acids is 1. The molecular weight excluding hydrogens is 360 g/mol. The quantitative estimate of drug-likeness (QED) is 0.609. The van der Waals surface area contributed by atoms with Crippen molar-refractivity contribution in [1.82, 2.24) is 0 Å². The van der Waals surface area contributed by atoms with Crippen molar-refractivity contribution >= 4 is 33.9 Å². The van der Waals surface area contributed by atoms with E-state index in [0.29, 0.717) is 12.2 Å². The maximum atomic E-state index is 12.6. The highest BCUT2D eigenvalue weighted by Gasteiger charge is 2.28. The van der Waals surface area contributed by atoms with Crippen molar-refractivity contribution in [3.63, 3.8) is 0 Å². The third-order valence-corrected chi connectivity index (χ3v) is 5.46. The van der Waals surface area contributed by atoms with Crippen molar-refractivity contribution in [1.29, 1.82) is 0 Å². The Bertz CT molecular complexity index is 905. The summed E-state index contributed by atoms with van der Waals surface area (Å²) in [5.41, 5.74) is 0.284. The van der Waals surface area contributed by atoms with Crippen molar-refractivity contribution in [2.75, 3.05) is 12.4 Å². The molecule has 9 heteroatoms. The van der Waals surface area contributed by atoms with Gasteiger partial charge >= 0.3 is 5.97 Å². The van der Waals surface area contributed by atoms with Gasteiger partial charge in [-0.25, -0.2) is 4.79 Å². The van der Waals surface area contributed by atoms with Crippen molar-refractivity contribution in [2.45, 2.75) is 25.7 Å². The zero-order valence-corrected chi connectivity index (χ0v) is 14.7. The second kappa shape index (κ2) is 7.12. The van der Waals surface area contributed by atoms with Crippen molar-refractivity contribution in [3.05, 3.63) is 49.9 Å². The molecule has 1 heterocycles. The van der Waals surface area contributed by atoms with E-state index in [4.69, 9.17) is 4.74 Å². The van der Waals surface area contributed by atoms with Gasteiger partial charge in [-0.1, -0.05) is 0 Å². The topological polar surface area (TPSA) is 119 Å². The number of carboxylic acids is 1. The minimum atomic E-state index is -1.11. The number of benzene rings is 1. The van der Waals surface area contributed by atoms with Gasteiger partial charge in [0, 0.05) is 10.9 Å². The Hall–Kier alpha value is -2.94. The van der Waals surface area contributed by atoms with Crippen LogP contribution in [0.4, 0.5) is 10.7 Å². The van der Waals surface area contributed by atoms with Gasteiger partial charge in [0.1, 0.15) is 16.3 Å². The number of nitrogens with zero attached hydrogens (tertiary/aromatic N) is 1. The number of carbonyl (C=O) groups excluding carboxylic acids is 1. The van der Waals surface area contributed by atoms with Crippen molar-refractivity contribution < 1.29 is 24.4 Å². The minimum Gasteiger partial charge on any atom is -0.497 e. The summed E-state index contributed by atoms with van der Waals surface area (Å²) in [7, 11) is 1.39. The molecule has 0 saturated carbocycles. The van der Waals surface area contributed by atoms with Crippen LogP contribution in [-0.2, 0) is 12.8 Å². The summed E-state index contributed by atoms with van der Waals surface area (Å²) < 4.78 is 5.02. The fourth-order valence-corrected chi connectivity index (χ4v) is 4.31. The van der Waals surface area contributed by atoms with Crippen LogP contribution in [0.2, 0.25) is 0 Å². The number of amides is 1. The number of carboxylic acid groups (broad SMARTS) is 1. The summed E-state index contributed by atoms with van der Waals surface area (Å²) in [5, 5.41) is 23.5. The molecule has 1 aliphatic rings. The minimum absolute atomic E-state index is 0.0867. The molecule has 1 aromatic heterocycles. The van der Waals surface area contributed by atoms with Crippen LogP contribution in [0.3, 0.4) is 0 Å². The molecule has 3 rings (SSSR count). The Morgan fingerprint density at radius 1 is 1.31 bits per heavy atom. The highest BCUT2D eigenvalue weighted by molar-refractivity contribution is 7.17. The molecule has 2 aromatic rings. The van der Waals surface area contributed by atoms with Crippen molar-refractivity contribution in [2.24, 2.45) is 0 Å². The molecule has 136 valence electrons. The molecular formula is C17H16N2O6S. The number of hydrogen-bond donors (Lipinski definition) is 2. The number of ether oxygens (including phenoxy) is 1. The van der Waals surface area contributed by atoms with Crippen LogP contribution in [0.5, 0.6) is 5.75 Å². The van der Waals surface area contributed by atoms with Gasteiger partial charge in [0.2, 0.25) is 0 Å². The fourth-order valence-electron chi connectivity index (χ4n) is 3.03. The monoisotopic (exact) mass is 376 g/mol. The Morgan fingerprint density at radius 2 is 2.04 bits per heavy atom. The van der Waals surface area contributed by atoms with Crippen LogP contribution >= 0.6 is 11.3 Å². The lowest BCUT2D eigenvalue weighted by Gasteiger charge is -2.10. The summed E-state index contributed by atoms with van der Waals surface area (Å²) in [5.74, 6) is -1.55. The van der Waals surface area contributed by atoms with Gasteiger partial charge in [0.15, 0.2) is 0 Å². The second-order valence-electron chi connectivity index (χ2n) is 5.81. The lowest BCUT2D eigenvalue weighted by Crippen LogP contribution is -2.16. The van der Waals surface area contributed by atoms with E-state index < -0.39 is 16.8 Å². The molecule has 0 radical (unpaired) electrons. The van der Waals surface area contributed by atoms with E-state index in [1.165, 1.54) is 36.6 Å². The Morgan fingerprint density at radius 3 is 2.69 bits per heavy atom. The van der Waals surface area contributed by atoms with Crippen LogP contribution in [0.15, 0.2) is 18.2 Å². The summed E-state index contributed by atoms with van der Waals surface area (Å²) in [4.78, 5) is 35.8. The number of carbonyl (C=O) groups is 2. The maximum absolute atomic E-state index is 12.6. The van der Waals surface area contributed by atoms with E-state index in [1.54, 1.807) is 0 Å². The van der Waals surface area contributed by atoms with E-state index in [2.05, 4.69) is 5.32 Å². The van der Waals surface area contributed by atoms with Gasteiger partial charge in [0.25, 0.3) is 11.6 Å². The van der Waals surface area contributed by atoms with E-state index in [9.17, 15) is 24.8 Å². The highest BCUT2D eigenvalue weighted by atomic mass is 32.1. The molecule has 26 heavy (non-hydrogen) atoms. The standard InChI is InChI=1S/C17H16N2O6S/c1-25-9-6-7-12(19(23)24)11(8-9)15(20)18-16-14(17(21)22)10-4-2-3-5-13(10)26-16/h6-8H,2-5H2,1H3,(H,18,20)(H,21,22). The lowest BCUT2D eigenvalue weighted by molar-refractivity contribution is -0.385. The largest absolute Gasteiger partial charge is 0.497 e. The zero-order chi connectivity index (χ0) is 18.8. The third kappa shape index (κ3) is 3.25. The zero-order valence-electron chi connectivity index (χ0n) is 13.9. The SMILES string of the molecule is COc1ccc([N+](=O)[O-])c(C(=O)Nc2sc3c(c2C(=O)O)CCCC3)c1. The Labute approximate surface area is 152 Å². The maximum Gasteiger partial charge on any atom is 0.339 e. The first-order valence-electron chi connectivity index (χ1n) is 7.94. The van der Waals surface area contributed by atoms with Crippen LogP contribution in [0.25, 0.3) is 0 Å². The molecule has 1 aromatic carbocycles. The average molecular weight is 376 g/mol. The number of thiophene rings is 1. The number of nitro groups is 1. The normalized spacial score (nSPS) is 13.0. The van der Waals surface area contributed by atoms with Crippen molar-refractivity contribution in [3.8, 4) is 5.75 Å². The molecule has 8 nitrogen and oxygen atoms in total. The van der Waals surface area contributed by atoms with E-state index in [0.717, 1.165) is 29.7 Å². The number of anilines is 1. The first kappa shape index (κ1) is 17.9. The van der Waals surface area contributed by atoms with E-state index in [-0.39, 0.29) is 21.8 Å². The smallest absolute Gasteiger partial charge is 0.339 e. The van der Waals surface area contributed by atoms with Crippen LogP contribution in [-0.4, -0.2) is 29.0 Å². The highest BCUT2D eigenvalue weighted by Crippen LogP contribution is 2.38. The lowest BCUT2D eigenvalue weighted by atomic mass is 9.95. The summed E-state index contributed by atoms with van der Waals surface area (Å²) in [6, 6.07) is 3.84. The van der Waals surface area contributed by atoms with Gasteiger partial charge in [-0.15, -0.1) is 11.3 Å². The van der Waals surface area contributed by atoms with Crippen LogP contribution in [0, 0.1) is 10.1 Å². The van der Waals surface area contributed by atoms with Crippen LogP contribution in [0.1, 0.15) is 44.0 Å². The summed E-state index contributed by atoms with van der Waals surface area (Å²) in [6.45, 7) is 0. The molecule has 2 N–H and O–H groups in total. The summed E-state index contributed by atoms with van der Waals surface area (Å²) >= 11 is 1.22. The number of fused-ring (bicyclic) bond motifs is 1. The number of aryl methyl sites for hydroxylation is 1. The molecule has 0 bridgehead atoms. The molecule has 0 spiro atoms.